The monoisotopic (exact) mass is 306 g/mol. The zero-order valence-corrected chi connectivity index (χ0v) is 12.8. The summed E-state index contributed by atoms with van der Waals surface area (Å²) in [6, 6.07) is 13.3. The predicted molar refractivity (Wildman–Crippen MR) is 89.8 cm³/mol. The third-order valence-electron chi connectivity index (χ3n) is 4.57. The van der Waals surface area contributed by atoms with Gasteiger partial charge in [-0.15, -0.1) is 0 Å². The van der Waals surface area contributed by atoms with Gasteiger partial charge >= 0.3 is 0 Å². The van der Waals surface area contributed by atoms with Crippen LogP contribution in [0.15, 0.2) is 42.5 Å². The molecule has 2 aromatic rings. The van der Waals surface area contributed by atoms with Gasteiger partial charge in [-0.1, -0.05) is 18.2 Å². The van der Waals surface area contributed by atoms with E-state index < -0.39 is 0 Å². The summed E-state index contributed by atoms with van der Waals surface area (Å²) in [5, 5.41) is 2.99. The average molecular weight is 306 g/mol. The standard InChI is InChI=1S/C19H18N2O2/c22-17-9-8-15-12-16(11-14-7-4-10-21(17)18(14)15)20-19(23)13-5-2-1-3-6-13/h1-3,5-6,11-12H,4,7-10H2,(H,20,23). The molecule has 0 atom stereocenters. The topological polar surface area (TPSA) is 49.4 Å². The number of carbonyl (C=O) groups is 2. The average Bonchev–Trinajstić information content (AvgIpc) is 2.59. The Labute approximate surface area is 135 Å². The summed E-state index contributed by atoms with van der Waals surface area (Å²) in [5.74, 6) is 0.122. The third kappa shape index (κ3) is 2.50. The number of rotatable bonds is 2. The van der Waals surface area contributed by atoms with Gasteiger partial charge in [0.2, 0.25) is 5.91 Å². The summed E-state index contributed by atoms with van der Waals surface area (Å²) < 4.78 is 0. The third-order valence-corrected chi connectivity index (χ3v) is 4.57. The van der Waals surface area contributed by atoms with Crippen LogP contribution in [-0.4, -0.2) is 18.4 Å². The molecule has 4 nitrogen and oxygen atoms in total. The Kier molecular flexibility index (Phi) is 3.37. The summed E-state index contributed by atoms with van der Waals surface area (Å²) in [6.07, 6.45) is 3.25. The molecule has 1 N–H and O–H groups in total. The highest BCUT2D eigenvalue weighted by Gasteiger charge is 2.29. The van der Waals surface area contributed by atoms with Gasteiger partial charge in [0.05, 0.1) is 5.69 Å². The minimum absolute atomic E-state index is 0.0997. The van der Waals surface area contributed by atoms with Gasteiger partial charge in [0, 0.05) is 24.2 Å². The van der Waals surface area contributed by atoms with E-state index in [0.717, 1.165) is 37.2 Å². The minimum atomic E-state index is -0.0997. The Bertz CT molecular complexity index is 766. The summed E-state index contributed by atoms with van der Waals surface area (Å²) in [7, 11) is 0. The van der Waals surface area contributed by atoms with Crippen LogP contribution in [0, 0.1) is 0 Å². The van der Waals surface area contributed by atoms with Crippen molar-refractivity contribution in [2.24, 2.45) is 0 Å². The second-order valence-corrected chi connectivity index (χ2v) is 6.11. The van der Waals surface area contributed by atoms with Crippen LogP contribution in [0.5, 0.6) is 0 Å². The maximum Gasteiger partial charge on any atom is 0.255 e. The lowest BCUT2D eigenvalue weighted by atomic mass is 9.91. The van der Waals surface area contributed by atoms with Crippen LogP contribution in [0.1, 0.15) is 34.3 Å². The smallest absolute Gasteiger partial charge is 0.255 e. The van der Waals surface area contributed by atoms with E-state index in [1.54, 1.807) is 12.1 Å². The van der Waals surface area contributed by atoms with Gasteiger partial charge in [-0.25, -0.2) is 0 Å². The molecule has 0 unspecified atom stereocenters. The fourth-order valence-electron chi connectivity index (χ4n) is 3.52. The molecule has 0 saturated heterocycles. The fourth-order valence-corrected chi connectivity index (χ4v) is 3.52. The van der Waals surface area contributed by atoms with Gasteiger partial charge in [-0.3, -0.25) is 9.59 Å². The lowest BCUT2D eigenvalue weighted by Gasteiger charge is -2.35. The highest BCUT2D eigenvalue weighted by Crippen LogP contribution is 2.37. The van der Waals surface area contributed by atoms with Crippen molar-refractivity contribution in [2.45, 2.75) is 25.7 Å². The molecule has 0 aliphatic carbocycles. The van der Waals surface area contributed by atoms with Crippen LogP contribution < -0.4 is 10.2 Å². The van der Waals surface area contributed by atoms with E-state index >= 15 is 0 Å². The van der Waals surface area contributed by atoms with Crippen LogP contribution in [-0.2, 0) is 17.6 Å². The number of benzene rings is 2. The second kappa shape index (κ2) is 5.54. The molecular formula is C19H18N2O2. The molecule has 4 rings (SSSR count). The number of hydrogen-bond donors (Lipinski definition) is 1. The van der Waals surface area contributed by atoms with Gasteiger partial charge in [-0.2, -0.15) is 0 Å². The van der Waals surface area contributed by atoms with Crippen LogP contribution in [0.4, 0.5) is 11.4 Å². The maximum absolute atomic E-state index is 12.3. The Hall–Kier alpha value is -2.62. The number of anilines is 2. The van der Waals surface area contributed by atoms with E-state index in [-0.39, 0.29) is 11.8 Å². The molecule has 0 radical (unpaired) electrons. The van der Waals surface area contributed by atoms with Crippen molar-refractivity contribution in [1.29, 1.82) is 0 Å². The van der Waals surface area contributed by atoms with Crippen molar-refractivity contribution in [2.75, 3.05) is 16.8 Å². The Morgan fingerprint density at radius 2 is 1.74 bits per heavy atom. The lowest BCUT2D eigenvalue weighted by Crippen LogP contribution is -2.39. The molecule has 0 fully saturated rings. The zero-order valence-electron chi connectivity index (χ0n) is 12.8. The number of hydrogen-bond acceptors (Lipinski definition) is 2. The molecule has 2 aromatic carbocycles. The molecule has 2 heterocycles. The first-order chi connectivity index (χ1) is 11.2. The van der Waals surface area contributed by atoms with Crippen LogP contribution in [0.3, 0.4) is 0 Å². The van der Waals surface area contributed by atoms with Gasteiger partial charge in [-0.05, 0) is 54.7 Å². The first kappa shape index (κ1) is 14.0. The van der Waals surface area contributed by atoms with Crippen molar-refractivity contribution in [3.8, 4) is 0 Å². The summed E-state index contributed by atoms with van der Waals surface area (Å²) >= 11 is 0. The van der Waals surface area contributed by atoms with Gasteiger partial charge < -0.3 is 10.2 Å². The molecule has 2 aliphatic heterocycles. The van der Waals surface area contributed by atoms with E-state index in [1.165, 1.54) is 11.1 Å². The van der Waals surface area contributed by atoms with E-state index in [2.05, 4.69) is 5.32 Å². The van der Waals surface area contributed by atoms with Crippen molar-refractivity contribution >= 4 is 23.2 Å². The summed E-state index contributed by atoms with van der Waals surface area (Å²) in [4.78, 5) is 26.3. The van der Waals surface area contributed by atoms with Crippen molar-refractivity contribution < 1.29 is 9.59 Å². The van der Waals surface area contributed by atoms with Crippen LogP contribution in [0.25, 0.3) is 0 Å². The number of nitrogens with one attached hydrogen (secondary N) is 1. The summed E-state index contributed by atoms with van der Waals surface area (Å²) in [6.45, 7) is 0.814. The SMILES string of the molecule is O=C(Nc1cc2c3c(c1)CCC(=O)N3CCC2)c1ccccc1. The fraction of sp³-hybridized carbons (Fsp3) is 0.263. The molecule has 116 valence electrons. The molecule has 0 aromatic heterocycles. The first-order valence-electron chi connectivity index (χ1n) is 8.05. The van der Waals surface area contributed by atoms with E-state index in [9.17, 15) is 9.59 Å². The molecule has 2 aliphatic rings. The first-order valence-corrected chi connectivity index (χ1v) is 8.05. The highest BCUT2D eigenvalue weighted by molar-refractivity contribution is 6.05. The molecule has 2 amide bonds. The number of amides is 2. The van der Waals surface area contributed by atoms with E-state index in [4.69, 9.17) is 0 Å². The predicted octanol–water partition coefficient (Wildman–Crippen LogP) is 3.16. The number of nitrogens with zero attached hydrogens (tertiary/aromatic N) is 1. The van der Waals surface area contributed by atoms with Crippen molar-refractivity contribution in [3.05, 3.63) is 59.2 Å². The number of aryl methyl sites for hydroxylation is 2. The summed E-state index contributed by atoms with van der Waals surface area (Å²) in [5.41, 5.74) is 4.90. The van der Waals surface area contributed by atoms with Crippen LogP contribution >= 0.6 is 0 Å². The molecule has 0 saturated carbocycles. The molecule has 0 bridgehead atoms. The second-order valence-electron chi connectivity index (χ2n) is 6.11. The van der Waals surface area contributed by atoms with Gasteiger partial charge in [0.15, 0.2) is 0 Å². The van der Waals surface area contributed by atoms with Crippen LogP contribution in [0.2, 0.25) is 0 Å². The highest BCUT2D eigenvalue weighted by atomic mass is 16.2. The van der Waals surface area contributed by atoms with E-state index in [0.29, 0.717) is 12.0 Å². The largest absolute Gasteiger partial charge is 0.322 e. The maximum atomic E-state index is 12.3. The lowest BCUT2D eigenvalue weighted by molar-refractivity contribution is -0.119. The van der Waals surface area contributed by atoms with Gasteiger partial charge in [0.1, 0.15) is 0 Å². The number of carbonyl (C=O) groups excluding carboxylic acids is 2. The normalized spacial score (nSPS) is 16.0. The van der Waals surface area contributed by atoms with Gasteiger partial charge in [0.25, 0.3) is 5.91 Å². The zero-order chi connectivity index (χ0) is 15.8. The Balaban J connectivity index is 1.67. The molecular weight excluding hydrogens is 288 g/mol. The van der Waals surface area contributed by atoms with E-state index in [1.807, 2.05) is 35.2 Å². The Morgan fingerprint density at radius 3 is 2.52 bits per heavy atom. The van der Waals surface area contributed by atoms with Crippen molar-refractivity contribution in [1.82, 2.24) is 0 Å². The quantitative estimate of drug-likeness (QED) is 0.926. The Morgan fingerprint density at radius 1 is 1.00 bits per heavy atom. The minimum Gasteiger partial charge on any atom is -0.322 e. The molecule has 4 heteroatoms. The molecule has 0 spiro atoms. The molecule has 23 heavy (non-hydrogen) atoms. The van der Waals surface area contributed by atoms with Crippen molar-refractivity contribution in [3.63, 3.8) is 0 Å².